The summed E-state index contributed by atoms with van der Waals surface area (Å²) >= 11 is 0. The topological polar surface area (TPSA) is 181 Å². The minimum absolute atomic E-state index is 0.0568. The number of nitrogen functional groups attached to an aromatic ring is 1. The van der Waals surface area contributed by atoms with Gasteiger partial charge in [-0.2, -0.15) is 0 Å². The lowest BCUT2D eigenvalue weighted by atomic mass is 9.95. The van der Waals surface area contributed by atoms with Gasteiger partial charge in [-0.25, -0.2) is 9.59 Å². The predicted molar refractivity (Wildman–Crippen MR) is 110 cm³/mol. The minimum Gasteiger partial charge on any atom is -0.493 e. The number of hydrogen-bond acceptors (Lipinski definition) is 8. The Kier molecular flexibility index (Phi) is 6.64. The molecule has 1 fully saturated rings. The third-order valence-electron chi connectivity index (χ3n) is 4.84. The molecule has 0 atom stereocenters. The number of carbonyl (C=O) groups excluding carboxylic acids is 1. The van der Waals surface area contributed by atoms with Crippen molar-refractivity contribution in [2.24, 2.45) is 0 Å². The molecule has 2 aromatic rings. The lowest BCUT2D eigenvalue weighted by Gasteiger charge is -2.26. The van der Waals surface area contributed by atoms with E-state index in [0.29, 0.717) is 26.3 Å². The highest BCUT2D eigenvalue weighted by Crippen LogP contribution is 2.36. The van der Waals surface area contributed by atoms with Crippen LogP contribution < -0.4 is 20.8 Å². The number of aromatic nitrogens is 1. The Bertz CT molecular complexity index is 1120. The molecule has 12 nitrogen and oxygen atoms in total. The van der Waals surface area contributed by atoms with Gasteiger partial charge in [-0.15, -0.1) is 0 Å². The Balaban J connectivity index is 1.99. The van der Waals surface area contributed by atoms with Gasteiger partial charge in [0.2, 0.25) is 0 Å². The summed E-state index contributed by atoms with van der Waals surface area (Å²) in [5.74, 6) is -3.61. The number of aromatic amines is 1. The van der Waals surface area contributed by atoms with Crippen LogP contribution in [0.1, 0.15) is 20.7 Å². The first-order chi connectivity index (χ1) is 15.2. The number of aromatic carboxylic acids is 2. The van der Waals surface area contributed by atoms with Crippen LogP contribution in [0.15, 0.2) is 23.0 Å². The number of pyridine rings is 1. The van der Waals surface area contributed by atoms with Crippen LogP contribution in [0.3, 0.4) is 0 Å². The summed E-state index contributed by atoms with van der Waals surface area (Å²) in [5.41, 5.74) is 2.93. The molecule has 1 aliphatic heterocycles. The Morgan fingerprint density at radius 3 is 2.38 bits per heavy atom. The SMILES string of the molecule is COc1cc(-c2c(C(=O)O)c(N)[nH]c(=O)c2C(=O)O)ccc1OCC(=O)N1CCOCC1. The second kappa shape index (κ2) is 9.39. The van der Waals surface area contributed by atoms with Gasteiger partial charge in [0.05, 0.1) is 20.3 Å². The summed E-state index contributed by atoms with van der Waals surface area (Å²) in [5, 5.41) is 19.0. The van der Waals surface area contributed by atoms with Crippen molar-refractivity contribution < 1.29 is 38.8 Å². The molecule has 170 valence electrons. The molecule has 0 aliphatic carbocycles. The van der Waals surface area contributed by atoms with Crippen molar-refractivity contribution in [2.75, 3.05) is 45.8 Å². The van der Waals surface area contributed by atoms with E-state index >= 15 is 0 Å². The van der Waals surface area contributed by atoms with E-state index in [-0.39, 0.29) is 35.1 Å². The zero-order chi connectivity index (χ0) is 23.4. The van der Waals surface area contributed by atoms with Crippen molar-refractivity contribution in [1.82, 2.24) is 9.88 Å². The van der Waals surface area contributed by atoms with Gasteiger partial charge in [-0.1, -0.05) is 6.07 Å². The van der Waals surface area contributed by atoms with E-state index in [2.05, 4.69) is 0 Å². The summed E-state index contributed by atoms with van der Waals surface area (Å²) in [6.07, 6.45) is 0. The average molecular weight is 447 g/mol. The van der Waals surface area contributed by atoms with Gasteiger partial charge in [0.15, 0.2) is 18.1 Å². The lowest BCUT2D eigenvalue weighted by Crippen LogP contribution is -2.43. The van der Waals surface area contributed by atoms with Crippen LogP contribution in [0, 0.1) is 0 Å². The van der Waals surface area contributed by atoms with Gasteiger partial charge in [0.1, 0.15) is 16.9 Å². The number of H-pyrrole nitrogens is 1. The van der Waals surface area contributed by atoms with Crippen LogP contribution in [-0.2, 0) is 9.53 Å². The number of carbonyl (C=O) groups is 3. The molecule has 0 unspecified atom stereocenters. The molecule has 12 heteroatoms. The van der Waals surface area contributed by atoms with Crippen molar-refractivity contribution in [3.05, 3.63) is 39.7 Å². The average Bonchev–Trinajstić information content (AvgIpc) is 2.76. The molecule has 1 amide bonds. The summed E-state index contributed by atoms with van der Waals surface area (Å²) < 4.78 is 16.0. The second-order valence-corrected chi connectivity index (χ2v) is 6.75. The highest BCUT2D eigenvalue weighted by Gasteiger charge is 2.27. The Morgan fingerprint density at radius 2 is 1.78 bits per heavy atom. The van der Waals surface area contributed by atoms with Crippen LogP contribution in [-0.4, -0.2) is 78.0 Å². The highest BCUT2D eigenvalue weighted by molar-refractivity contribution is 6.07. The fourth-order valence-corrected chi connectivity index (χ4v) is 3.32. The smallest absolute Gasteiger partial charge is 0.342 e. The van der Waals surface area contributed by atoms with E-state index in [1.165, 1.54) is 25.3 Å². The van der Waals surface area contributed by atoms with Crippen molar-refractivity contribution in [1.29, 1.82) is 0 Å². The highest BCUT2D eigenvalue weighted by atomic mass is 16.5. The summed E-state index contributed by atoms with van der Waals surface area (Å²) in [7, 11) is 1.32. The molecule has 2 heterocycles. The normalized spacial score (nSPS) is 13.5. The van der Waals surface area contributed by atoms with Gasteiger partial charge in [-0.3, -0.25) is 9.59 Å². The number of nitrogens with two attached hydrogens (primary N) is 1. The first kappa shape index (κ1) is 22.6. The number of carboxylic acids is 2. The Morgan fingerprint density at radius 1 is 1.12 bits per heavy atom. The van der Waals surface area contributed by atoms with Gasteiger partial charge < -0.3 is 40.0 Å². The van der Waals surface area contributed by atoms with E-state index in [1.807, 2.05) is 4.98 Å². The molecule has 0 saturated carbocycles. The molecule has 0 bridgehead atoms. The molecule has 0 spiro atoms. The molecule has 0 radical (unpaired) electrons. The summed E-state index contributed by atoms with van der Waals surface area (Å²) in [4.78, 5) is 51.6. The maximum Gasteiger partial charge on any atom is 0.342 e. The number of rotatable bonds is 7. The number of amides is 1. The number of morpholine rings is 1. The molecule has 5 N–H and O–H groups in total. The molecule has 1 aromatic carbocycles. The second-order valence-electron chi connectivity index (χ2n) is 6.75. The maximum atomic E-state index is 12.3. The van der Waals surface area contributed by atoms with E-state index in [9.17, 15) is 29.4 Å². The van der Waals surface area contributed by atoms with Crippen molar-refractivity contribution in [3.63, 3.8) is 0 Å². The number of hydrogen-bond donors (Lipinski definition) is 4. The van der Waals surface area contributed by atoms with Crippen LogP contribution in [0.5, 0.6) is 11.5 Å². The van der Waals surface area contributed by atoms with Gasteiger partial charge >= 0.3 is 11.9 Å². The number of nitrogens with one attached hydrogen (secondary N) is 1. The number of anilines is 1. The van der Waals surface area contributed by atoms with E-state index in [0.717, 1.165) is 0 Å². The van der Waals surface area contributed by atoms with Crippen LogP contribution in [0.2, 0.25) is 0 Å². The standard InChI is InChI=1S/C20H21N3O9/c1-30-12-8-10(2-3-11(12)32-9-13(24)23-4-6-31-7-5-23)14-15(19(26)27)17(21)22-18(25)16(14)20(28)29/h2-3,8H,4-7,9H2,1H3,(H,26,27)(H,28,29)(H3,21,22,25). The number of carboxylic acid groups (broad SMARTS) is 2. The minimum atomic E-state index is -1.63. The van der Waals surface area contributed by atoms with Crippen LogP contribution in [0.25, 0.3) is 11.1 Å². The Labute approximate surface area is 181 Å². The Hall–Kier alpha value is -4.06. The van der Waals surface area contributed by atoms with E-state index in [1.54, 1.807) is 4.90 Å². The summed E-state index contributed by atoms with van der Waals surface area (Å²) in [6, 6.07) is 4.04. The maximum absolute atomic E-state index is 12.3. The number of ether oxygens (including phenoxy) is 3. The number of benzene rings is 1. The number of methoxy groups -OCH3 is 1. The third kappa shape index (κ3) is 4.49. The van der Waals surface area contributed by atoms with Gasteiger partial charge in [-0.05, 0) is 17.7 Å². The van der Waals surface area contributed by atoms with Gasteiger partial charge in [0, 0.05) is 18.7 Å². The molecule has 3 rings (SSSR count). The zero-order valence-corrected chi connectivity index (χ0v) is 17.0. The molecule has 1 aliphatic rings. The van der Waals surface area contributed by atoms with Gasteiger partial charge in [0.25, 0.3) is 11.5 Å². The van der Waals surface area contributed by atoms with Crippen molar-refractivity contribution in [2.45, 2.75) is 0 Å². The molecule has 32 heavy (non-hydrogen) atoms. The quantitative estimate of drug-likeness (QED) is 0.460. The first-order valence-corrected chi connectivity index (χ1v) is 9.43. The molecule has 1 saturated heterocycles. The summed E-state index contributed by atoms with van der Waals surface area (Å²) in [6.45, 7) is 1.53. The van der Waals surface area contributed by atoms with Crippen molar-refractivity contribution in [3.8, 4) is 22.6 Å². The van der Waals surface area contributed by atoms with Crippen LogP contribution in [0.4, 0.5) is 5.82 Å². The fraction of sp³-hybridized carbons (Fsp3) is 0.300. The number of nitrogens with zero attached hydrogens (tertiary/aromatic N) is 1. The first-order valence-electron chi connectivity index (χ1n) is 9.43. The molecule has 1 aromatic heterocycles. The monoisotopic (exact) mass is 447 g/mol. The molecular formula is C20H21N3O9. The van der Waals surface area contributed by atoms with Crippen LogP contribution >= 0.6 is 0 Å². The molecular weight excluding hydrogens is 426 g/mol. The third-order valence-corrected chi connectivity index (χ3v) is 4.84. The fourth-order valence-electron chi connectivity index (χ4n) is 3.32. The van der Waals surface area contributed by atoms with Crippen molar-refractivity contribution >= 4 is 23.7 Å². The van der Waals surface area contributed by atoms with E-state index < -0.39 is 34.4 Å². The zero-order valence-electron chi connectivity index (χ0n) is 17.0. The largest absolute Gasteiger partial charge is 0.493 e. The lowest BCUT2D eigenvalue weighted by molar-refractivity contribution is -0.137. The van der Waals surface area contributed by atoms with E-state index in [4.69, 9.17) is 19.9 Å². The predicted octanol–water partition coefficient (Wildman–Crippen LogP) is 0.267.